The van der Waals surface area contributed by atoms with Gasteiger partial charge in [0, 0.05) is 36.3 Å². The molecule has 2 heterocycles. The highest BCUT2D eigenvalue weighted by atomic mass is 32.2. The molecule has 34 heavy (non-hydrogen) atoms. The highest BCUT2D eigenvalue weighted by molar-refractivity contribution is 7.89. The van der Waals surface area contributed by atoms with Crippen molar-refractivity contribution in [1.29, 1.82) is 0 Å². The standard InChI is InChI=1S/C24H26N4O5S/c1-2-33-24(30)28-14-11-17(12-15-28)27-34(31,32)22-10-4-7-19-20(22)8-3-9-21(19)23(29)26-18-6-5-13-25-16-18/h3-10,13,16-17,27H,2,11-12,14-15H2,1H3,(H,26,29). The van der Waals surface area contributed by atoms with E-state index in [4.69, 9.17) is 4.74 Å². The fourth-order valence-corrected chi connectivity index (χ4v) is 5.55. The Balaban J connectivity index is 1.54. The quantitative estimate of drug-likeness (QED) is 0.556. The van der Waals surface area contributed by atoms with Crippen molar-refractivity contribution in [2.75, 3.05) is 25.0 Å². The van der Waals surface area contributed by atoms with Gasteiger partial charge in [0.15, 0.2) is 0 Å². The second-order valence-electron chi connectivity index (χ2n) is 7.93. The van der Waals surface area contributed by atoms with Crippen LogP contribution in [0, 0.1) is 0 Å². The smallest absolute Gasteiger partial charge is 0.409 e. The van der Waals surface area contributed by atoms with Gasteiger partial charge in [0.05, 0.1) is 23.4 Å². The predicted octanol–water partition coefficient (Wildman–Crippen LogP) is 3.39. The molecule has 0 bridgehead atoms. The molecule has 2 amide bonds. The van der Waals surface area contributed by atoms with Crippen LogP contribution in [0.2, 0.25) is 0 Å². The number of likely N-dealkylation sites (tertiary alicyclic amines) is 1. The highest BCUT2D eigenvalue weighted by Crippen LogP contribution is 2.27. The fourth-order valence-electron chi connectivity index (χ4n) is 4.03. The lowest BCUT2D eigenvalue weighted by Crippen LogP contribution is -2.46. The van der Waals surface area contributed by atoms with E-state index in [1.54, 1.807) is 60.5 Å². The van der Waals surface area contributed by atoms with Crippen LogP contribution in [0.15, 0.2) is 65.8 Å². The van der Waals surface area contributed by atoms with Gasteiger partial charge in [-0.05, 0) is 49.4 Å². The van der Waals surface area contributed by atoms with E-state index in [9.17, 15) is 18.0 Å². The van der Waals surface area contributed by atoms with Gasteiger partial charge in [0.1, 0.15) is 0 Å². The number of anilines is 1. The van der Waals surface area contributed by atoms with Gasteiger partial charge in [-0.1, -0.05) is 24.3 Å². The molecule has 1 fully saturated rings. The van der Waals surface area contributed by atoms with E-state index in [2.05, 4.69) is 15.0 Å². The number of benzene rings is 2. The van der Waals surface area contributed by atoms with Crippen LogP contribution in [-0.4, -0.2) is 56.0 Å². The van der Waals surface area contributed by atoms with E-state index in [0.717, 1.165) is 0 Å². The minimum Gasteiger partial charge on any atom is -0.450 e. The summed E-state index contributed by atoms with van der Waals surface area (Å²) >= 11 is 0. The number of amides is 2. The molecule has 3 aromatic rings. The second-order valence-corrected chi connectivity index (χ2v) is 9.62. The van der Waals surface area contributed by atoms with Crippen LogP contribution in [0.25, 0.3) is 10.8 Å². The summed E-state index contributed by atoms with van der Waals surface area (Å²) in [5.41, 5.74) is 0.908. The Labute approximate surface area is 198 Å². The summed E-state index contributed by atoms with van der Waals surface area (Å²) in [5, 5.41) is 3.78. The number of sulfonamides is 1. The van der Waals surface area contributed by atoms with Gasteiger partial charge in [0.25, 0.3) is 5.91 Å². The zero-order chi connectivity index (χ0) is 24.1. The molecular formula is C24H26N4O5S. The molecule has 10 heteroatoms. The van der Waals surface area contributed by atoms with E-state index >= 15 is 0 Å². The lowest BCUT2D eigenvalue weighted by molar-refractivity contribution is 0.0964. The molecule has 178 valence electrons. The summed E-state index contributed by atoms with van der Waals surface area (Å²) in [5.74, 6) is -0.354. The van der Waals surface area contributed by atoms with Gasteiger partial charge in [0.2, 0.25) is 10.0 Å². The molecule has 1 aromatic heterocycles. The molecule has 1 saturated heterocycles. The minimum absolute atomic E-state index is 0.105. The number of rotatable bonds is 6. The monoisotopic (exact) mass is 482 g/mol. The number of ether oxygens (including phenoxy) is 1. The number of nitrogens with zero attached hydrogens (tertiary/aromatic N) is 2. The lowest BCUT2D eigenvalue weighted by Gasteiger charge is -2.31. The maximum Gasteiger partial charge on any atom is 0.409 e. The van der Waals surface area contributed by atoms with Crippen molar-refractivity contribution in [3.8, 4) is 0 Å². The summed E-state index contributed by atoms with van der Waals surface area (Å²) in [7, 11) is -3.86. The normalized spacial score (nSPS) is 14.7. The maximum atomic E-state index is 13.3. The molecule has 4 rings (SSSR count). The Morgan fingerprint density at radius 2 is 1.79 bits per heavy atom. The molecule has 9 nitrogen and oxygen atoms in total. The number of aromatic nitrogens is 1. The van der Waals surface area contributed by atoms with Crippen LogP contribution in [0.5, 0.6) is 0 Å². The Morgan fingerprint density at radius 3 is 2.50 bits per heavy atom. The Bertz CT molecular complexity index is 1290. The van der Waals surface area contributed by atoms with Gasteiger partial charge in [-0.2, -0.15) is 0 Å². The molecule has 0 spiro atoms. The van der Waals surface area contributed by atoms with E-state index in [1.807, 2.05) is 0 Å². The fraction of sp³-hybridized carbons (Fsp3) is 0.292. The number of carbonyl (C=O) groups is 2. The first-order valence-electron chi connectivity index (χ1n) is 11.1. The second kappa shape index (κ2) is 10.2. The van der Waals surface area contributed by atoms with Gasteiger partial charge < -0.3 is 15.0 Å². The maximum absolute atomic E-state index is 13.3. The molecule has 0 radical (unpaired) electrons. The number of nitrogens with one attached hydrogen (secondary N) is 2. The first-order valence-corrected chi connectivity index (χ1v) is 12.5. The lowest BCUT2D eigenvalue weighted by atomic mass is 10.0. The predicted molar refractivity (Wildman–Crippen MR) is 128 cm³/mol. The molecule has 0 aliphatic carbocycles. The van der Waals surface area contributed by atoms with Gasteiger partial charge in [-0.25, -0.2) is 17.9 Å². The zero-order valence-electron chi connectivity index (χ0n) is 18.7. The molecular weight excluding hydrogens is 456 g/mol. The Kier molecular flexibility index (Phi) is 7.09. The van der Waals surface area contributed by atoms with Gasteiger partial charge in [-0.15, -0.1) is 0 Å². The SMILES string of the molecule is CCOC(=O)N1CCC(NS(=O)(=O)c2cccc3c(C(=O)Nc4cccnc4)cccc23)CC1. The van der Waals surface area contributed by atoms with Crippen molar-refractivity contribution in [3.63, 3.8) is 0 Å². The summed E-state index contributed by atoms with van der Waals surface area (Å²) in [4.78, 5) is 30.5. The summed E-state index contributed by atoms with van der Waals surface area (Å²) in [6.45, 7) is 2.88. The number of hydrogen-bond donors (Lipinski definition) is 2. The minimum atomic E-state index is -3.86. The first-order chi connectivity index (χ1) is 16.4. The third kappa shape index (κ3) is 5.18. The average molecular weight is 483 g/mol. The molecule has 1 aliphatic heterocycles. The largest absolute Gasteiger partial charge is 0.450 e. The summed E-state index contributed by atoms with van der Waals surface area (Å²) < 4.78 is 34.3. The molecule has 0 unspecified atom stereocenters. The van der Waals surface area contributed by atoms with Crippen molar-refractivity contribution in [2.24, 2.45) is 0 Å². The number of fused-ring (bicyclic) bond motifs is 1. The Morgan fingerprint density at radius 1 is 1.06 bits per heavy atom. The van der Waals surface area contributed by atoms with Crippen LogP contribution in [0.1, 0.15) is 30.1 Å². The summed E-state index contributed by atoms with van der Waals surface area (Å²) in [6.07, 6.45) is 3.74. The third-order valence-electron chi connectivity index (χ3n) is 5.68. The summed E-state index contributed by atoms with van der Waals surface area (Å²) in [6, 6.07) is 13.0. The van der Waals surface area contributed by atoms with Gasteiger partial charge >= 0.3 is 6.09 Å². The average Bonchev–Trinajstić information content (AvgIpc) is 2.84. The van der Waals surface area contributed by atoms with Crippen molar-refractivity contribution in [3.05, 3.63) is 66.5 Å². The third-order valence-corrected chi connectivity index (χ3v) is 7.26. The Hall–Kier alpha value is -3.50. The van der Waals surface area contributed by atoms with Crippen LogP contribution in [-0.2, 0) is 14.8 Å². The molecule has 0 atom stereocenters. The van der Waals surface area contributed by atoms with E-state index < -0.39 is 10.0 Å². The first kappa shape index (κ1) is 23.7. The van der Waals surface area contributed by atoms with E-state index in [0.29, 0.717) is 54.6 Å². The van der Waals surface area contributed by atoms with Crippen LogP contribution >= 0.6 is 0 Å². The number of carbonyl (C=O) groups excluding carboxylic acids is 2. The number of hydrogen-bond acceptors (Lipinski definition) is 6. The molecule has 0 saturated carbocycles. The number of piperidine rings is 1. The molecule has 2 aromatic carbocycles. The van der Waals surface area contributed by atoms with Crippen LogP contribution < -0.4 is 10.0 Å². The zero-order valence-corrected chi connectivity index (χ0v) is 19.5. The van der Waals surface area contributed by atoms with Gasteiger partial charge in [-0.3, -0.25) is 9.78 Å². The van der Waals surface area contributed by atoms with Crippen molar-refractivity contribution in [2.45, 2.75) is 30.7 Å². The van der Waals surface area contributed by atoms with Crippen LogP contribution in [0.3, 0.4) is 0 Å². The van der Waals surface area contributed by atoms with E-state index in [1.165, 1.54) is 12.3 Å². The van der Waals surface area contributed by atoms with Crippen molar-refractivity contribution in [1.82, 2.24) is 14.6 Å². The topological polar surface area (TPSA) is 118 Å². The molecule has 2 N–H and O–H groups in total. The molecule has 1 aliphatic rings. The van der Waals surface area contributed by atoms with Crippen LogP contribution in [0.4, 0.5) is 10.5 Å². The van der Waals surface area contributed by atoms with Crippen molar-refractivity contribution >= 4 is 38.5 Å². The highest BCUT2D eigenvalue weighted by Gasteiger charge is 2.28. The number of pyridine rings is 1. The van der Waals surface area contributed by atoms with Crippen molar-refractivity contribution < 1.29 is 22.7 Å². The van der Waals surface area contributed by atoms with E-state index in [-0.39, 0.29) is 22.9 Å².